The Hall–Kier alpha value is -0.290. The molecular weight excluding hydrogens is 226 g/mol. The number of hydrogen-bond donors (Lipinski definition) is 1. The van der Waals surface area contributed by atoms with E-state index in [0.717, 1.165) is 19.1 Å². The van der Waals surface area contributed by atoms with Crippen LogP contribution in [-0.2, 0) is 14.6 Å². The number of unbranched alkanes of at least 4 members (excludes halogenated alkanes) is 1. The largest absolute Gasteiger partial charge is 0.355 e. The average molecular weight is 242 g/mol. The number of alkyl halides is 1. The van der Waals surface area contributed by atoms with Gasteiger partial charge in [-0.15, -0.1) is 11.6 Å². The van der Waals surface area contributed by atoms with Crippen molar-refractivity contribution < 1.29 is 13.2 Å². The molecule has 0 aromatic heterocycles. The molecule has 0 saturated carbocycles. The van der Waals surface area contributed by atoms with Crippen molar-refractivity contribution in [1.82, 2.24) is 5.32 Å². The SMILES string of the molecule is CC(C(=O)NCCCCCl)S(C)(=O)=O. The lowest BCUT2D eigenvalue weighted by Crippen LogP contribution is -2.37. The molecule has 0 rings (SSSR count). The first kappa shape index (κ1) is 13.7. The fraction of sp³-hybridized carbons (Fsp3) is 0.875. The first-order valence-electron chi connectivity index (χ1n) is 4.42. The number of sulfone groups is 1. The van der Waals surface area contributed by atoms with Crippen LogP contribution in [0.15, 0.2) is 0 Å². The highest BCUT2D eigenvalue weighted by Crippen LogP contribution is 1.98. The van der Waals surface area contributed by atoms with Crippen LogP contribution in [0.25, 0.3) is 0 Å². The van der Waals surface area contributed by atoms with Crippen molar-refractivity contribution in [2.45, 2.75) is 25.0 Å². The third-order valence-corrected chi connectivity index (χ3v) is 3.64. The Labute approximate surface area is 89.9 Å². The molecule has 14 heavy (non-hydrogen) atoms. The van der Waals surface area contributed by atoms with E-state index in [1.807, 2.05) is 0 Å². The number of nitrogens with one attached hydrogen (secondary N) is 1. The Morgan fingerprint density at radius 2 is 2.00 bits per heavy atom. The van der Waals surface area contributed by atoms with E-state index in [1.54, 1.807) is 0 Å². The highest BCUT2D eigenvalue weighted by molar-refractivity contribution is 7.92. The number of hydrogen-bond acceptors (Lipinski definition) is 3. The minimum Gasteiger partial charge on any atom is -0.355 e. The number of carbonyl (C=O) groups is 1. The molecule has 6 heteroatoms. The fourth-order valence-electron chi connectivity index (χ4n) is 0.769. The summed E-state index contributed by atoms with van der Waals surface area (Å²) in [5, 5.41) is 1.57. The minimum atomic E-state index is -3.28. The summed E-state index contributed by atoms with van der Waals surface area (Å²) in [6.45, 7) is 1.86. The summed E-state index contributed by atoms with van der Waals surface area (Å²) in [6.07, 6.45) is 2.64. The normalized spacial score (nSPS) is 13.6. The van der Waals surface area contributed by atoms with Gasteiger partial charge in [0.1, 0.15) is 5.25 Å². The van der Waals surface area contributed by atoms with Crippen molar-refractivity contribution in [1.29, 1.82) is 0 Å². The van der Waals surface area contributed by atoms with Crippen molar-refractivity contribution in [3.63, 3.8) is 0 Å². The quantitative estimate of drug-likeness (QED) is 0.546. The van der Waals surface area contributed by atoms with Crippen molar-refractivity contribution in [3.05, 3.63) is 0 Å². The Bertz CT molecular complexity index is 276. The molecule has 0 heterocycles. The van der Waals surface area contributed by atoms with Crippen LogP contribution in [0.4, 0.5) is 0 Å². The Morgan fingerprint density at radius 3 is 2.43 bits per heavy atom. The van der Waals surface area contributed by atoms with Crippen LogP contribution < -0.4 is 5.32 Å². The highest BCUT2D eigenvalue weighted by Gasteiger charge is 2.22. The van der Waals surface area contributed by atoms with E-state index in [1.165, 1.54) is 6.92 Å². The Morgan fingerprint density at radius 1 is 1.43 bits per heavy atom. The first-order chi connectivity index (χ1) is 6.39. The maximum Gasteiger partial charge on any atom is 0.238 e. The van der Waals surface area contributed by atoms with Crippen molar-refractivity contribution >= 4 is 27.3 Å². The zero-order chi connectivity index (χ0) is 11.2. The lowest BCUT2D eigenvalue weighted by atomic mass is 10.3. The van der Waals surface area contributed by atoms with E-state index in [4.69, 9.17) is 11.6 Å². The molecule has 1 atom stereocenters. The summed E-state index contributed by atoms with van der Waals surface area (Å²) in [6, 6.07) is 0. The van der Waals surface area contributed by atoms with Crippen LogP contribution in [0.1, 0.15) is 19.8 Å². The molecule has 0 radical (unpaired) electrons. The molecule has 1 unspecified atom stereocenters. The topological polar surface area (TPSA) is 63.2 Å². The van der Waals surface area contributed by atoms with Gasteiger partial charge in [0.05, 0.1) is 0 Å². The van der Waals surface area contributed by atoms with Gasteiger partial charge in [-0.1, -0.05) is 0 Å². The van der Waals surface area contributed by atoms with E-state index in [9.17, 15) is 13.2 Å². The van der Waals surface area contributed by atoms with Crippen LogP contribution in [0.2, 0.25) is 0 Å². The molecule has 0 aromatic rings. The van der Waals surface area contributed by atoms with Crippen LogP contribution >= 0.6 is 11.6 Å². The zero-order valence-corrected chi connectivity index (χ0v) is 9.99. The molecule has 4 nitrogen and oxygen atoms in total. The maximum atomic E-state index is 11.2. The summed E-state index contributed by atoms with van der Waals surface area (Å²) in [5.41, 5.74) is 0. The van der Waals surface area contributed by atoms with Gasteiger partial charge in [0.15, 0.2) is 9.84 Å². The summed E-state index contributed by atoms with van der Waals surface area (Å²) >= 11 is 5.44. The van der Waals surface area contributed by atoms with Crippen LogP contribution in [0, 0.1) is 0 Å². The van der Waals surface area contributed by atoms with Gasteiger partial charge >= 0.3 is 0 Å². The van der Waals surface area contributed by atoms with Crippen LogP contribution in [0.3, 0.4) is 0 Å². The molecule has 0 aliphatic carbocycles. The molecule has 0 fully saturated rings. The number of rotatable bonds is 6. The van der Waals surface area contributed by atoms with E-state index in [-0.39, 0.29) is 0 Å². The zero-order valence-electron chi connectivity index (χ0n) is 8.42. The van der Waals surface area contributed by atoms with Gasteiger partial charge in [-0.2, -0.15) is 0 Å². The molecule has 0 aromatic carbocycles. The minimum absolute atomic E-state index is 0.443. The first-order valence-corrected chi connectivity index (χ1v) is 6.91. The molecule has 0 saturated heterocycles. The molecule has 84 valence electrons. The number of amides is 1. The highest BCUT2D eigenvalue weighted by atomic mass is 35.5. The second-order valence-corrected chi connectivity index (χ2v) is 5.90. The lowest BCUT2D eigenvalue weighted by Gasteiger charge is -2.09. The molecule has 1 amide bonds. The fourth-order valence-corrected chi connectivity index (χ4v) is 1.43. The van der Waals surface area contributed by atoms with E-state index < -0.39 is 21.0 Å². The van der Waals surface area contributed by atoms with Gasteiger partial charge in [0, 0.05) is 18.7 Å². The van der Waals surface area contributed by atoms with E-state index in [2.05, 4.69) is 5.32 Å². The summed E-state index contributed by atoms with van der Waals surface area (Å²) < 4.78 is 22.0. The predicted molar refractivity (Wildman–Crippen MR) is 57.3 cm³/mol. The molecule has 0 aliphatic rings. The second kappa shape index (κ2) is 6.24. The van der Waals surface area contributed by atoms with Crippen molar-refractivity contribution in [2.75, 3.05) is 18.7 Å². The van der Waals surface area contributed by atoms with E-state index >= 15 is 0 Å². The van der Waals surface area contributed by atoms with Gasteiger partial charge in [0.25, 0.3) is 0 Å². The average Bonchev–Trinajstić information content (AvgIpc) is 2.09. The Kier molecular flexibility index (Phi) is 6.11. The van der Waals surface area contributed by atoms with E-state index in [0.29, 0.717) is 12.4 Å². The van der Waals surface area contributed by atoms with Gasteiger partial charge < -0.3 is 5.32 Å². The second-order valence-electron chi connectivity index (χ2n) is 3.16. The van der Waals surface area contributed by atoms with Crippen molar-refractivity contribution in [2.24, 2.45) is 0 Å². The standard InChI is InChI=1S/C8H16ClNO3S/c1-7(14(2,12)13)8(11)10-6-4-3-5-9/h7H,3-6H2,1-2H3,(H,10,11). The van der Waals surface area contributed by atoms with Crippen molar-refractivity contribution in [3.8, 4) is 0 Å². The molecule has 0 spiro atoms. The number of carbonyl (C=O) groups excluding carboxylic acids is 1. The van der Waals surface area contributed by atoms with Gasteiger partial charge in [0.2, 0.25) is 5.91 Å². The summed E-state index contributed by atoms with van der Waals surface area (Å²) in [4.78, 5) is 11.2. The van der Waals surface area contributed by atoms with Gasteiger partial charge in [-0.3, -0.25) is 4.79 Å². The summed E-state index contributed by atoms with van der Waals surface area (Å²) in [7, 11) is -3.28. The third-order valence-electron chi connectivity index (χ3n) is 1.87. The van der Waals surface area contributed by atoms with Crippen LogP contribution in [-0.4, -0.2) is 38.3 Å². The van der Waals surface area contributed by atoms with Gasteiger partial charge in [-0.05, 0) is 19.8 Å². The lowest BCUT2D eigenvalue weighted by molar-refractivity contribution is -0.120. The number of halogens is 1. The monoisotopic (exact) mass is 241 g/mol. The molecule has 0 aliphatic heterocycles. The molecule has 0 bridgehead atoms. The smallest absolute Gasteiger partial charge is 0.238 e. The van der Waals surface area contributed by atoms with Gasteiger partial charge in [-0.25, -0.2) is 8.42 Å². The Balaban J connectivity index is 3.86. The summed E-state index contributed by atoms with van der Waals surface area (Å²) in [5.74, 6) is 0.111. The predicted octanol–water partition coefficient (Wildman–Crippen LogP) is 0.555. The maximum absolute atomic E-state index is 11.2. The molecular formula is C8H16ClNO3S. The van der Waals surface area contributed by atoms with Crippen LogP contribution in [0.5, 0.6) is 0 Å². The third kappa shape index (κ3) is 5.44. The molecule has 1 N–H and O–H groups in total.